The summed E-state index contributed by atoms with van der Waals surface area (Å²) in [6, 6.07) is 12.8. The van der Waals surface area contributed by atoms with E-state index in [1.807, 2.05) is 24.3 Å². The van der Waals surface area contributed by atoms with Gasteiger partial charge in [0.15, 0.2) is 0 Å². The number of benzene rings is 2. The third-order valence-corrected chi connectivity index (χ3v) is 4.12. The zero-order chi connectivity index (χ0) is 15.1. The van der Waals surface area contributed by atoms with E-state index in [2.05, 4.69) is 11.8 Å². The van der Waals surface area contributed by atoms with E-state index in [0.717, 1.165) is 9.92 Å². The largest absolute Gasteiger partial charge is 0.479 e. The van der Waals surface area contributed by atoms with E-state index in [9.17, 15) is 0 Å². The van der Waals surface area contributed by atoms with Crippen molar-refractivity contribution >= 4 is 46.6 Å². The molecule has 0 saturated heterocycles. The highest BCUT2D eigenvalue weighted by atomic mass is 35.5. The Labute approximate surface area is 143 Å². The minimum Gasteiger partial charge on any atom is -0.479 e. The first-order chi connectivity index (χ1) is 10.1. The van der Waals surface area contributed by atoms with E-state index < -0.39 is 0 Å². The lowest BCUT2D eigenvalue weighted by Gasteiger charge is -2.04. The summed E-state index contributed by atoms with van der Waals surface area (Å²) < 4.78 is 5.47. The van der Waals surface area contributed by atoms with Crippen LogP contribution in [0, 0.1) is 11.8 Å². The van der Waals surface area contributed by atoms with E-state index in [1.54, 1.807) is 30.0 Å². The standard InChI is InChI=1S/C16H11Cl3OS/c17-12-3-6-14(7-4-12)21-10-2-1-9-20-16-8-5-13(18)11-15(16)19/h3-8,11H,9-10H2. The molecule has 0 aliphatic rings. The summed E-state index contributed by atoms with van der Waals surface area (Å²) in [5.74, 6) is 7.26. The fourth-order valence-electron chi connectivity index (χ4n) is 1.46. The van der Waals surface area contributed by atoms with Gasteiger partial charge in [0.25, 0.3) is 0 Å². The molecule has 0 atom stereocenters. The van der Waals surface area contributed by atoms with Gasteiger partial charge in [-0.15, -0.1) is 11.8 Å². The molecule has 0 radical (unpaired) electrons. The number of rotatable bonds is 4. The van der Waals surface area contributed by atoms with Gasteiger partial charge in [-0.25, -0.2) is 0 Å². The summed E-state index contributed by atoms with van der Waals surface area (Å²) in [6.07, 6.45) is 0. The van der Waals surface area contributed by atoms with Crippen LogP contribution >= 0.6 is 46.6 Å². The maximum Gasteiger partial charge on any atom is 0.149 e. The molecule has 2 aromatic rings. The molecule has 108 valence electrons. The molecule has 0 N–H and O–H groups in total. The van der Waals surface area contributed by atoms with Crippen LogP contribution in [0.15, 0.2) is 47.4 Å². The van der Waals surface area contributed by atoms with Crippen LogP contribution in [0.3, 0.4) is 0 Å². The van der Waals surface area contributed by atoms with Crippen LogP contribution < -0.4 is 4.74 Å². The predicted molar refractivity (Wildman–Crippen MR) is 91.9 cm³/mol. The van der Waals surface area contributed by atoms with E-state index in [1.165, 1.54) is 0 Å². The van der Waals surface area contributed by atoms with Gasteiger partial charge in [0, 0.05) is 14.9 Å². The van der Waals surface area contributed by atoms with Crippen molar-refractivity contribution in [2.75, 3.05) is 12.4 Å². The lowest BCUT2D eigenvalue weighted by molar-refractivity contribution is 0.370. The van der Waals surface area contributed by atoms with Gasteiger partial charge >= 0.3 is 0 Å². The predicted octanol–water partition coefficient (Wildman–Crippen LogP) is 5.82. The molecule has 0 bridgehead atoms. The zero-order valence-electron chi connectivity index (χ0n) is 10.9. The molecular weight excluding hydrogens is 347 g/mol. The highest BCUT2D eigenvalue weighted by Crippen LogP contribution is 2.27. The van der Waals surface area contributed by atoms with Crippen molar-refractivity contribution < 1.29 is 4.74 Å². The molecule has 5 heteroatoms. The average Bonchev–Trinajstić information content (AvgIpc) is 2.46. The molecule has 0 heterocycles. The molecule has 0 amide bonds. The fourth-order valence-corrected chi connectivity index (χ4v) is 2.72. The van der Waals surface area contributed by atoms with Crippen molar-refractivity contribution in [2.45, 2.75) is 4.90 Å². The Bertz CT molecular complexity index is 659. The molecule has 1 nitrogen and oxygen atoms in total. The molecule has 0 unspecified atom stereocenters. The summed E-state index contributed by atoms with van der Waals surface area (Å²) in [5, 5.41) is 1.80. The molecule has 0 spiro atoms. The van der Waals surface area contributed by atoms with Crippen LogP contribution in [0.1, 0.15) is 0 Å². The summed E-state index contributed by atoms with van der Waals surface area (Å²) >= 11 is 19.3. The number of thioether (sulfide) groups is 1. The average molecular weight is 358 g/mol. The van der Waals surface area contributed by atoms with Gasteiger partial charge in [0.2, 0.25) is 0 Å². The van der Waals surface area contributed by atoms with Crippen molar-refractivity contribution in [1.82, 2.24) is 0 Å². The SMILES string of the molecule is Clc1ccc(SCC#CCOc2ccc(Cl)cc2Cl)cc1. The van der Waals surface area contributed by atoms with Gasteiger partial charge < -0.3 is 4.74 Å². The number of ether oxygens (including phenoxy) is 1. The second-order valence-corrected chi connectivity index (χ2v) is 6.29. The van der Waals surface area contributed by atoms with Crippen molar-refractivity contribution in [3.8, 4) is 17.6 Å². The molecule has 21 heavy (non-hydrogen) atoms. The van der Waals surface area contributed by atoms with E-state index in [-0.39, 0.29) is 0 Å². The highest BCUT2D eigenvalue weighted by Gasteiger charge is 2.00. The van der Waals surface area contributed by atoms with Gasteiger partial charge in [-0.2, -0.15) is 0 Å². The van der Waals surface area contributed by atoms with Crippen molar-refractivity contribution in [3.05, 3.63) is 57.5 Å². The van der Waals surface area contributed by atoms with E-state index in [4.69, 9.17) is 39.5 Å². The summed E-state index contributed by atoms with van der Waals surface area (Å²) in [6.45, 7) is 0.294. The quantitative estimate of drug-likeness (QED) is 0.503. The lowest BCUT2D eigenvalue weighted by atomic mass is 10.3. The zero-order valence-corrected chi connectivity index (χ0v) is 14.0. The lowest BCUT2D eigenvalue weighted by Crippen LogP contribution is -1.94. The maximum absolute atomic E-state index is 5.99. The van der Waals surface area contributed by atoms with Gasteiger partial charge in [-0.05, 0) is 42.5 Å². The van der Waals surface area contributed by atoms with Crippen LogP contribution in [0.4, 0.5) is 0 Å². The number of hydrogen-bond acceptors (Lipinski definition) is 2. The van der Waals surface area contributed by atoms with Gasteiger partial charge in [0.1, 0.15) is 12.4 Å². The summed E-state index contributed by atoms with van der Waals surface area (Å²) in [7, 11) is 0. The highest BCUT2D eigenvalue weighted by molar-refractivity contribution is 7.99. The first-order valence-electron chi connectivity index (χ1n) is 6.07. The Morgan fingerprint density at radius 2 is 1.62 bits per heavy atom. The topological polar surface area (TPSA) is 9.23 Å². The maximum atomic E-state index is 5.99. The van der Waals surface area contributed by atoms with Gasteiger partial charge in [0.05, 0.1) is 10.8 Å². The molecule has 0 fully saturated rings. The van der Waals surface area contributed by atoms with Crippen LogP contribution in [0.2, 0.25) is 15.1 Å². The Morgan fingerprint density at radius 1 is 0.905 bits per heavy atom. The third-order valence-electron chi connectivity index (χ3n) is 2.44. The monoisotopic (exact) mass is 356 g/mol. The van der Waals surface area contributed by atoms with Crippen LogP contribution in [-0.2, 0) is 0 Å². The third kappa shape index (κ3) is 5.73. The molecule has 0 aromatic heterocycles. The van der Waals surface area contributed by atoms with E-state index >= 15 is 0 Å². The second kappa shape index (κ2) is 8.46. The second-order valence-electron chi connectivity index (χ2n) is 3.96. The first-order valence-corrected chi connectivity index (χ1v) is 8.19. The van der Waals surface area contributed by atoms with Crippen LogP contribution in [0.25, 0.3) is 0 Å². The molecular formula is C16H11Cl3OS. The molecule has 0 saturated carbocycles. The smallest absolute Gasteiger partial charge is 0.149 e. The minimum absolute atomic E-state index is 0.294. The molecule has 2 rings (SSSR count). The fraction of sp³-hybridized carbons (Fsp3) is 0.125. The van der Waals surface area contributed by atoms with Gasteiger partial charge in [-0.3, -0.25) is 0 Å². The van der Waals surface area contributed by atoms with Crippen molar-refractivity contribution in [2.24, 2.45) is 0 Å². The van der Waals surface area contributed by atoms with E-state index in [0.29, 0.717) is 28.2 Å². The summed E-state index contributed by atoms with van der Waals surface area (Å²) in [4.78, 5) is 1.13. The van der Waals surface area contributed by atoms with Crippen LogP contribution in [0.5, 0.6) is 5.75 Å². The Hall–Kier alpha value is -0.980. The Morgan fingerprint density at radius 3 is 2.33 bits per heavy atom. The summed E-state index contributed by atoms with van der Waals surface area (Å²) in [5.41, 5.74) is 0. The molecule has 0 aliphatic heterocycles. The first kappa shape index (κ1) is 16.4. The van der Waals surface area contributed by atoms with Crippen molar-refractivity contribution in [1.29, 1.82) is 0 Å². The number of hydrogen-bond donors (Lipinski definition) is 0. The molecule has 2 aromatic carbocycles. The van der Waals surface area contributed by atoms with Gasteiger partial charge in [-0.1, -0.05) is 46.6 Å². The Balaban J connectivity index is 1.75. The minimum atomic E-state index is 0.294. The molecule has 0 aliphatic carbocycles. The normalized spacial score (nSPS) is 9.86. The van der Waals surface area contributed by atoms with Crippen LogP contribution in [-0.4, -0.2) is 12.4 Å². The number of halogens is 3. The Kier molecular flexibility index (Phi) is 6.60. The van der Waals surface area contributed by atoms with Crippen molar-refractivity contribution in [3.63, 3.8) is 0 Å².